The third-order valence-electron chi connectivity index (χ3n) is 2.65. The van der Waals surface area contributed by atoms with Gasteiger partial charge in [0.05, 0.1) is 22.4 Å². The van der Waals surface area contributed by atoms with Crippen LogP contribution in [0, 0.1) is 0 Å². The van der Waals surface area contributed by atoms with Crippen LogP contribution in [-0.4, -0.2) is 20.2 Å². The van der Waals surface area contributed by atoms with Crippen molar-refractivity contribution in [1.29, 1.82) is 0 Å². The van der Waals surface area contributed by atoms with Gasteiger partial charge in [0.1, 0.15) is 12.1 Å². The number of hydrogen-bond acceptors (Lipinski definition) is 5. The maximum atomic E-state index is 5.53. The van der Waals surface area contributed by atoms with Gasteiger partial charge in [0, 0.05) is 0 Å². The largest absolute Gasteiger partial charge is 0.451 e. The summed E-state index contributed by atoms with van der Waals surface area (Å²) >= 11 is 6.71. The number of tetrazole rings is 1. The van der Waals surface area contributed by atoms with Crippen LogP contribution in [0.15, 0.2) is 50.2 Å². The molecule has 0 atom stereocenters. The Balaban J connectivity index is 1.81. The van der Waals surface area contributed by atoms with Gasteiger partial charge in [0.15, 0.2) is 4.67 Å². The molecule has 2 heterocycles. The number of nitrogens with zero attached hydrogens (tertiary/aromatic N) is 4. The van der Waals surface area contributed by atoms with Crippen molar-refractivity contribution in [3.63, 3.8) is 0 Å². The Bertz CT molecular complexity index is 691. The molecule has 2 aromatic heterocycles. The van der Waals surface area contributed by atoms with E-state index in [1.165, 1.54) is 0 Å². The van der Waals surface area contributed by atoms with Crippen LogP contribution >= 0.6 is 31.9 Å². The normalized spacial score (nSPS) is 10.7. The molecule has 3 rings (SSSR count). The van der Waals surface area contributed by atoms with Crippen molar-refractivity contribution in [2.24, 2.45) is 0 Å². The van der Waals surface area contributed by atoms with E-state index < -0.39 is 0 Å². The molecule has 0 saturated heterocycles. The molecule has 6 nitrogen and oxygen atoms in total. The summed E-state index contributed by atoms with van der Waals surface area (Å²) in [5.41, 5.74) is 1.80. The zero-order chi connectivity index (χ0) is 13.9. The summed E-state index contributed by atoms with van der Waals surface area (Å²) in [7, 11) is 0. The Labute approximate surface area is 131 Å². The number of furan rings is 1. The number of anilines is 1. The summed E-state index contributed by atoms with van der Waals surface area (Å²) in [5, 5.41) is 14.5. The number of nitrogens with one attached hydrogen (secondary N) is 1. The van der Waals surface area contributed by atoms with Crippen molar-refractivity contribution in [1.82, 2.24) is 20.2 Å². The zero-order valence-electron chi connectivity index (χ0n) is 10.1. The van der Waals surface area contributed by atoms with Gasteiger partial charge in [-0.2, -0.15) is 4.68 Å². The van der Waals surface area contributed by atoms with Crippen molar-refractivity contribution in [3.05, 3.63) is 51.6 Å². The molecule has 1 N–H and O–H groups in total. The lowest BCUT2D eigenvalue weighted by Gasteiger charge is -2.09. The first-order chi connectivity index (χ1) is 9.74. The maximum absolute atomic E-state index is 5.53. The van der Waals surface area contributed by atoms with Gasteiger partial charge in [-0.15, -0.1) is 5.10 Å². The lowest BCUT2D eigenvalue weighted by atomic mass is 10.2. The van der Waals surface area contributed by atoms with Crippen LogP contribution in [0.4, 0.5) is 5.69 Å². The highest BCUT2D eigenvalue weighted by Gasteiger charge is 2.08. The minimum atomic E-state index is 0.559. The molecule has 0 fully saturated rings. The smallest absolute Gasteiger partial charge is 0.183 e. The molecule has 0 amide bonds. The molecule has 0 radical (unpaired) electrons. The first kappa shape index (κ1) is 13.3. The Morgan fingerprint density at radius 1 is 1.25 bits per heavy atom. The summed E-state index contributed by atoms with van der Waals surface area (Å²) in [6.45, 7) is 0.559. The van der Waals surface area contributed by atoms with Crippen LogP contribution in [0.5, 0.6) is 0 Å². The molecule has 20 heavy (non-hydrogen) atoms. The van der Waals surface area contributed by atoms with Gasteiger partial charge in [-0.05, 0) is 60.5 Å². The molecule has 1 aromatic carbocycles. The minimum absolute atomic E-state index is 0.559. The number of para-hydroxylation sites is 2. The van der Waals surface area contributed by atoms with Gasteiger partial charge in [0.2, 0.25) is 0 Å². The van der Waals surface area contributed by atoms with Crippen LogP contribution in [0.25, 0.3) is 5.69 Å². The van der Waals surface area contributed by atoms with Gasteiger partial charge in [-0.3, -0.25) is 0 Å². The van der Waals surface area contributed by atoms with Crippen molar-refractivity contribution in [3.8, 4) is 5.69 Å². The van der Waals surface area contributed by atoms with Crippen LogP contribution in [0.3, 0.4) is 0 Å². The molecule has 3 aromatic rings. The second-order valence-electron chi connectivity index (χ2n) is 3.96. The fourth-order valence-corrected chi connectivity index (χ4v) is 2.41. The summed E-state index contributed by atoms with van der Waals surface area (Å²) in [5.74, 6) is 0.815. The van der Waals surface area contributed by atoms with E-state index in [1.54, 1.807) is 11.0 Å². The van der Waals surface area contributed by atoms with Gasteiger partial charge in [-0.25, -0.2) is 0 Å². The van der Waals surface area contributed by atoms with E-state index >= 15 is 0 Å². The van der Waals surface area contributed by atoms with E-state index in [9.17, 15) is 0 Å². The Hall–Kier alpha value is -1.67. The van der Waals surface area contributed by atoms with Crippen LogP contribution in [0.2, 0.25) is 0 Å². The van der Waals surface area contributed by atoms with Crippen molar-refractivity contribution >= 4 is 37.5 Å². The van der Waals surface area contributed by atoms with Crippen LogP contribution < -0.4 is 5.32 Å². The molecule has 0 aliphatic carbocycles. The number of rotatable bonds is 4. The highest BCUT2D eigenvalue weighted by Crippen LogP contribution is 2.27. The summed E-state index contributed by atoms with van der Waals surface area (Å²) in [6, 6.07) is 9.69. The maximum Gasteiger partial charge on any atom is 0.183 e. The lowest BCUT2D eigenvalue weighted by Crippen LogP contribution is -2.04. The van der Waals surface area contributed by atoms with Gasteiger partial charge in [0.25, 0.3) is 0 Å². The molecular weight excluding hydrogens is 390 g/mol. The molecule has 0 saturated carbocycles. The average molecular weight is 399 g/mol. The Morgan fingerprint density at radius 2 is 2.10 bits per heavy atom. The lowest BCUT2D eigenvalue weighted by molar-refractivity contribution is 0.494. The summed E-state index contributed by atoms with van der Waals surface area (Å²) < 4.78 is 8.71. The van der Waals surface area contributed by atoms with Gasteiger partial charge >= 0.3 is 0 Å². The van der Waals surface area contributed by atoms with Crippen molar-refractivity contribution in [2.45, 2.75) is 6.54 Å². The second kappa shape index (κ2) is 5.76. The standard InChI is InChI=1S/C12H9Br2N5O/c13-9-5-8(20-12(9)14)6-15-10-3-1-2-4-11(10)19-7-16-17-18-19/h1-5,7,15H,6H2. The quantitative estimate of drug-likeness (QED) is 0.729. The predicted molar refractivity (Wildman–Crippen MR) is 80.6 cm³/mol. The summed E-state index contributed by atoms with van der Waals surface area (Å²) in [6.07, 6.45) is 1.56. The van der Waals surface area contributed by atoms with Crippen LogP contribution in [-0.2, 0) is 6.54 Å². The van der Waals surface area contributed by atoms with E-state index in [0.717, 1.165) is 21.6 Å². The first-order valence-corrected chi connectivity index (χ1v) is 7.32. The molecule has 0 spiro atoms. The third-order valence-corrected chi connectivity index (χ3v) is 4.36. The first-order valence-electron chi connectivity index (χ1n) is 5.74. The Morgan fingerprint density at radius 3 is 2.80 bits per heavy atom. The van der Waals surface area contributed by atoms with E-state index in [4.69, 9.17) is 4.42 Å². The van der Waals surface area contributed by atoms with E-state index in [2.05, 4.69) is 52.7 Å². The summed E-state index contributed by atoms with van der Waals surface area (Å²) in [4.78, 5) is 0. The number of aromatic nitrogens is 4. The Kier molecular flexibility index (Phi) is 3.83. The predicted octanol–water partition coefficient (Wildman–Crippen LogP) is 3.39. The fourth-order valence-electron chi connectivity index (χ4n) is 1.76. The molecule has 0 bridgehead atoms. The van der Waals surface area contributed by atoms with E-state index in [0.29, 0.717) is 11.2 Å². The highest BCUT2D eigenvalue weighted by molar-refractivity contribution is 9.13. The number of halogens is 2. The molecule has 8 heteroatoms. The van der Waals surface area contributed by atoms with Gasteiger partial charge in [-0.1, -0.05) is 12.1 Å². The number of benzene rings is 1. The van der Waals surface area contributed by atoms with Crippen molar-refractivity contribution in [2.75, 3.05) is 5.32 Å². The van der Waals surface area contributed by atoms with Crippen molar-refractivity contribution < 1.29 is 4.42 Å². The monoisotopic (exact) mass is 397 g/mol. The zero-order valence-corrected chi connectivity index (χ0v) is 13.3. The van der Waals surface area contributed by atoms with Gasteiger partial charge < -0.3 is 9.73 Å². The third kappa shape index (κ3) is 2.75. The topological polar surface area (TPSA) is 68.8 Å². The fraction of sp³-hybridized carbons (Fsp3) is 0.0833. The second-order valence-corrected chi connectivity index (χ2v) is 5.53. The molecule has 0 aliphatic rings. The van der Waals surface area contributed by atoms with E-state index in [1.807, 2.05) is 30.3 Å². The minimum Gasteiger partial charge on any atom is -0.451 e. The van der Waals surface area contributed by atoms with E-state index in [-0.39, 0.29) is 0 Å². The molecular formula is C12H9Br2N5O. The van der Waals surface area contributed by atoms with Crippen LogP contribution in [0.1, 0.15) is 5.76 Å². The molecule has 102 valence electrons. The number of hydrogen-bond donors (Lipinski definition) is 1. The SMILES string of the molecule is Brc1cc(CNc2ccccc2-n2cnnn2)oc1Br. The highest BCUT2D eigenvalue weighted by atomic mass is 79.9. The molecule has 0 aliphatic heterocycles. The average Bonchev–Trinajstić information content (AvgIpc) is 3.08. The molecule has 0 unspecified atom stereocenters.